The van der Waals surface area contributed by atoms with Crippen LogP contribution >= 0.6 is 0 Å². The first-order valence-corrected chi connectivity index (χ1v) is 6.64. The van der Waals surface area contributed by atoms with Crippen molar-refractivity contribution in [2.24, 2.45) is 17.8 Å². The molecule has 1 amide bonds. The van der Waals surface area contributed by atoms with Crippen molar-refractivity contribution in [3.8, 4) is 0 Å². The maximum Gasteiger partial charge on any atom is 0.244 e. The van der Waals surface area contributed by atoms with E-state index in [2.05, 4.69) is 5.32 Å². The van der Waals surface area contributed by atoms with Crippen molar-refractivity contribution in [1.29, 1.82) is 0 Å². The van der Waals surface area contributed by atoms with E-state index in [4.69, 9.17) is 0 Å². The van der Waals surface area contributed by atoms with Gasteiger partial charge in [-0.25, -0.2) is 0 Å². The van der Waals surface area contributed by atoms with E-state index in [1.807, 2.05) is 13.0 Å². The number of nitrogens with one attached hydrogen (secondary N) is 1. The summed E-state index contributed by atoms with van der Waals surface area (Å²) in [6.07, 6.45) is 11.5. The molecule has 2 nitrogen and oxygen atoms in total. The molecule has 4 saturated carbocycles. The Balaban J connectivity index is 1.76. The minimum absolute atomic E-state index is 0.115. The zero-order chi connectivity index (χ0) is 11.2. The molecule has 88 valence electrons. The van der Waals surface area contributed by atoms with Gasteiger partial charge in [0.05, 0.1) is 0 Å². The van der Waals surface area contributed by atoms with Crippen molar-refractivity contribution >= 4 is 5.91 Å². The quantitative estimate of drug-likeness (QED) is 0.711. The van der Waals surface area contributed by atoms with Gasteiger partial charge in [-0.05, 0) is 69.3 Å². The summed E-state index contributed by atoms with van der Waals surface area (Å²) < 4.78 is 0. The van der Waals surface area contributed by atoms with Crippen LogP contribution in [0, 0.1) is 17.8 Å². The van der Waals surface area contributed by atoms with Gasteiger partial charge in [-0.15, -0.1) is 0 Å². The molecule has 0 saturated heterocycles. The van der Waals surface area contributed by atoms with E-state index in [-0.39, 0.29) is 11.4 Å². The van der Waals surface area contributed by atoms with E-state index in [0.29, 0.717) is 0 Å². The molecule has 0 aliphatic heterocycles. The Morgan fingerprint density at radius 1 is 1.12 bits per heavy atom. The molecular formula is C14H21NO. The molecular weight excluding hydrogens is 198 g/mol. The third-order valence-electron chi connectivity index (χ3n) is 4.74. The van der Waals surface area contributed by atoms with Gasteiger partial charge < -0.3 is 5.32 Å². The smallest absolute Gasteiger partial charge is 0.244 e. The number of carbonyl (C=O) groups excluding carboxylic acids is 1. The zero-order valence-corrected chi connectivity index (χ0v) is 10.0. The summed E-state index contributed by atoms with van der Waals surface area (Å²) in [4.78, 5) is 11.7. The molecule has 4 aliphatic carbocycles. The van der Waals surface area contributed by atoms with Gasteiger partial charge in [0.25, 0.3) is 0 Å². The molecule has 2 heteroatoms. The van der Waals surface area contributed by atoms with Gasteiger partial charge in [0.15, 0.2) is 0 Å². The molecule has 0 radical (unpaired) electrons. The molecule has 4 aliphatic rings. The third-order valence-corrected chi connectivity index (χ3v) is 4.74. The zero-order valence-electron chi connectivity index (χ0n) is 10.0. The van der Waals surface area contributed by atoms with Crippen molar-refractivity contribution in [2.75, 3.05) is 0 Å². The largest absolute Gasteiger partial charge is 0.347 e. The topological polar surface area (TPSA) is 29.1 Å². The van der Waals surface area contributed by atoms with Crippen molar-refractivity contribution in [3.63, 3.8) is 0 Å². The monoisotopic (exact) mass is 219 g/mol. The molecule has 4 rings (SSSR count). The Labute approximate surface area is 97.5 Å². The minimum Gasteiger partial charge on any atom is -0.347 e. The van der Waals surface area contributed by atoms with Gasteiger partial charge in [0, 0.05) is 5.54 Å². The maximum absolute atomic E-state index is 11.7. The predicted octanol–water partition coefficient (Wildman–Crippen LogP) is 2.65. The van der Waals surface area contributed by atoms with Gasteiger partial charge >= 0.3 is 0 Å². The fraction of sp³-hybridized carbons (Fsp3) is 0.786. The fourth-order valence-electron chi connectivity index (χ4n) is 4.72. The lowest BCUT2D eigenvalue weighted by Gasteiger charge is -2.56. The van der Waals surface area contributed by atoms with Gasteiger partial charge in [0.2, 0.25) is 5.91 Å². The fourth-order valence-corrected chi connectivity index (χ4v) is 4.72. The molecule has 16 heavy (non-hydrogen) atoms. The Kier molecular flexibility index (Phi) is 2.34. The minimum atomic E-state index is 0.115. The summed E-state index contributed by atoms with van der Waals surface area (Å²) in [5.41, 5.74) is 0.172. The highest BCUT2D eigenvalue weighted by Gasteiger charge is 2.51. The highest BCUT2D eigenvalue weighted by molar-refractivity contribution is 5.88. The first-order chi connectivity index (χ1) is 7.69. The van der Waals surface area contributed by atoms with Crippen LogP contribution in [0.15, 0.2) is 12.2 Å². The Bertz CT molecular complexity index is 296. The molecule has 0 aromatic carbocycles. The lowest BCUT2D eigenvalue weighted by atomic mass is 9.53. The van der Waals surface area contributed by atoms with Crippen molar-refractivity contribution in [1.82, 2.24) is 5.32 Å². The summed E-state index contributed by atoms with van der Waals surface area (Å²) in [5.74, 6) is 2.82. The van der Waals surface area contributed by atoms with Crippen LogP contribution in [0.2, 0.25) is 0 Å². The molecule has 0 heterocycles. The average molecular weight is 219 g/mol. The summed E-state index contributed by atoms with van der Waals surface area (Å²) in [7, 11) is 0. The Morgan fingerprint density at radius 3 is 2.06 bits per heavy atom. The molecule has 4 bridgehead atoms. The number of hydrogen-bond donors (Lipinski definition) is 1. The van der Waals surface area contributed by atoms with Gasteiger partial charge in [-0.3, -0.25) is 4.79 Å². The lowest BCUT2D eigenvalue weighted by molar-refractivity contribution is -0.122. The summed E-state index contributed by atoms with van der Waals surface area (Å²) in [6, 6.07) is 0. The number of carbonyl (C=O) groups is 1. The van der Waals surface area contributed by atoms with Crippen LogP contribution in [-0.2, 0) is 4.79 Å². The highest BCUT2D eigenvalue weighted by Crippen LogP contribution is 2.55. The van der Waals surface area contributed by atoms with E-state index >= 15 is 0 Å². The predicted molar refractivity (Wildman–Crippen MR) is 63.9 cm³/mol. The van der Waals surface area contributed by atoms with Crippen molar-refractivity contribution in [3.05, 3.63) is 12.2 Å². The third kappa shape index (κ3) is 1.68. The molecule has 1 N–H and O–H groups in total. The van der Waals surface area contributed by atoms with Crippen LogP contribution in [0.4, 0.5) is 0 Å². The van der Waals surface area contributed by atoms with Crippen LogP contribution < -0.4 is 5.32 Å². The van der Waals surface area contributed by atoms with Crippen molar-refractivity contribution in [2.45, 2.75) is 51.0 Å². The van der Waals surface area contributed by atoms with E-state index in [1.54, 1.807) is 6.08 Å². The molecule has 0 unspecified atom stereocenters. The van der Waals surface area contributed by atoms with E-state index < -0.39 is 0 Å². The first-order valence-electron chi connectivity index (χ1n) is 6.64. The molecule has 4 fully saturated rings. The SMILES string of the molecule is CC=CC(=O)NC12CC3CC(CC(C3)C1)C2. The van der Waals surface area contributed by atoms with Gasteiger partial charge in [-0.1, -0.05) is 6.08 Å². The van der Waals surface area contributed by atoms with E-state index in [1.165, 1.54) is 38.5 Å². The van der Waals surface area contributed by atoms with Gasteiger partial charge in [0.1, 0.15) is 0 Å². The van der Waals surface area contributed by atoms with Crippen LogP contribution in [0.3, 0.4) is 0 Å². The van der Waals surface area contributed by atoms with Crippen LogP contribution in [-0.4, -0.2) is 11.4 Å². The second-order valence-corrected chi connectivity index (χ2v) is 6.19. The van der Waals surface area contributed by atoms with Crippen LogP contribution in [0.5, 0.6) is 0 Å². The molecule has 0 atom stereocenters. The second-order valence-electron chi connectivity index (χ2n) is 6.19. The normalized spacial score (nSPS) is 45.2. The number of hydrogen-bond acceptors (Lipinski definition) is 1. The second kappa shape index (κ2) is 3.61. The van der Waals surface area contributed by atoms with Crippen LogP contribution in [0.25, 0.3) is 0 Å². The number of amides is 1. The van der Waals surface area contributed by atoms with E-state index in [0.717, 1.165) is 17.8 Å². The number of allylic oxidation sites excluding steroid dienone is 1. The average Bonchev–Trinajstić information content (AvgIpc) is 2.13. The van der Waals surface area contributed by atoms with E-state index in [9.17, 15) is 4.79 Å². The summed E-state index contributed by atoms with van der Waals surface area (Å²) >= 11 is 0. The molecule has 0 aromatic heterocycles. The lowest BCUT2D eigenvalue weighted by Crippen LogP contribution is -2.59. The van der Waals surface area contributed by atoms with Gasteiger partial charge in [-0.2, -0.15) is 0 Å². The van der Waals surface area contributed by atoms with Crippen LogP contribution in [0.1, 0.15) is 45.4 Å². The highest BCUT2D eigenvalue weighted by atomic mass is 16.1. The van der Waals surface area contributed by atoms with Crippen molar-refractivity contribution < 1.29 is 4.79 Å². The first kappa shape index (κ1) is 10.4. The summed E-state index contributed by atoms with van der Waals surface area (Å²) in [5, 5.41) is 3.30. The Hall–Kier alpha value is -0.790. The molecule has 0 spiro atoms. The maximum atomic E-state index is 11.7. The standard InChI is InChI=1S/C14H21NO/c1-2-3-13(16)15-14-7-10-4-11(8-14)6-12(5-10)9-14/h2-3,10-12H,4-9H2,1H3,(H,15,16). The number of rotatable bonds is 2. The molecule has 0 aromatic rings. The summed E-state index contributed by atoms with van der Waals surface area (Å²) in [6.45, 7) is 1.90. The Morgan fingerprint density at radius 2 is 1.62 bits per heavy atom.